The summed E-state index contributed by atoms with van der Waals surface area (Å²) in [5, 5.41) is 9.48. The van der Waals surface area contributed by atoms with Gasteiger partial charge in [0.25, 0.3) is 0 Å². The van der Waals surface area contributed by atoms with Gasteiger partial charge in [0.05, 0.1) is 12.2 Å². The van der Waals surface area contributed by atoms with Crippen LogP contribution in [0.3, 0.4) is 0 Å². The van der Waals surface area contributed by atoms with Gasteiger partial charge in [0.15, 0.2) is 5.76 Å². The molecule has 16 heavy (non-hydrogen) atoms. The molecule has 0 aliphatic carbocycles. The fraction of sp³-hybridized carbons (Fsp3) is 0.600. The second-order valence-electron chi connectivity index (χ2n) is 3.61. The van der Waals surface area contributed by atoms with Gasteiger partial charge in [0.1, 0.15) is 0 Å². The Bertz CT molecular complexity index is 328. The summed E-state index contributed by atoms with van der Waals surface area (Å²) in [4.78, 5) is 11.5. The van der Waals surface area contributed by atoms with Crippen molar-refractivity contribution in [2.45, 2.75) is 20.4 Å². The van der Waals surface area contributed by atoms with Crippen LogP contribution in [0.15, 0.2) is 10.6 Å². The Kier molecular flexibility index (Phi) is 6.76. The molecule has 1 aromatic heterocycles. The van der Waals surface area contributed by atoms with Crippen molar-refractivity contribution in [2.75, 3.05) is 13.6 Å². The van der Waals surface area contributed by atoms with Crippen LogP contribution in [0.2, 0.25) is 0 Å². The average molecular weight is 248 g/mol. The molecule has 0 saturated heterocycles. The molecule has 2 N–H and O–H groups in total. The predicted molar refractivity (Wildman–Crippen MR) is 63.4 cm³/mol. The van der Waals surface area contributed by atoms with E-state index in [0.29, 0.717) is 18.8 Å². The molecule has 1 heterocycles. The van der Waals surface area contributed by atoms with E-state index in [-0.39, 0.29) is 24.2 Å². The smallest absolute Gasteiger partial charge is 0.224 e. The van der Waals surface area contributed by atoms with Crippen LogP contribution in [-0.4, -0.2) is 24.7 Å². The van der Waals surface area contributed by atoms with E-state index in [4.69, 9.17) is 4.52 Å². The van der Waals surface area contributed by atoms with Gasteiger partial charge in [0, 0.05) is 18.5 Å². The first-order valence-electron chi connectivity index (χ1n) is 4.98. The molecule has 5 nitrogen and oxygen atoms in total. The number of halogens is 1. The molecule has 0 bridgehead atoms. The van der Waals surface area contributed by atoms with Crippen molar-refractivity contribution < 1.29 is 9.32 Å². The average Bonchev–Trinajstić information content (AvgIpc) is 2.61. The van der Waals surface area contributed by atoms with Crippen LogP contribution in [0.5, 0.6) is 0 Å². The molecule has 1 aromatic rings. The van der Waals surface area contributed by atoms with Gasteiger partial charge in [-0.05, 0) is 14.0 Å². The second kappa shape index (κ2) is 7.24. The van der Waals surface area contributed by atoms with Crippen LogP contribution in [0.4, 0.5) is 0 Å². The minimum Gasteiger partial charge on any atom is -0.359 e. The van der Waals surface area contributed by atoms with Crippen molar-refractivity contribution in [3.05, 3.63) is 17.5 Å². The highest BCUT2D eigenvalue weighted by Gasteiger charge is 2.11. The molecule has 92 valence electrons. The molecule has 6 heteroatoms. The minimum absolute atomic E-state index is 0. The third-order valence-electron chi connectivity index (χ3n) is 2.07. The zero-order chi connectivity index (χ0) is 11.3. The lowest BCUT2D eigenvalue weighted by Crippen LogP contribution is -2.33. The Labute approximate surface area is 101 Å². The molecule has 1 amide bonds. The van der Waals surface area contributed by atoms with E-state index in [0.717, 1.165) is 5.69 Å². The maximum atomic E-state index is 11.5. The number of nitrogens with zero attached hydrogens (tertiary/aromatic N) is 1. The Morgan fingerprint density at radius 3 is 2.81 bits per heavy atom. The molecule has 0 radical (unpaired) electrons. The molecule has 0 aliphatic heterocycles. The van der Waals surface area contributed by atoms with Crippen LogP contribution in [0, 0.1) is 12.8 Å². The highest BCUT2D eigenvalue weighted by atomic mass is 35.5. The van der Waals surface area contributed by atoms with Crippen LogP contribution in [0.1, 0.15) is 18.4 Å². The Morgan fingerprint density at radius 2 is 2.31 bits per heavy atom. The number of carbonyl (C=O) groups excluding carboxylic acids is 1. The van der Waals surface area contributed by atoms with E-state index >= 15 is 0 Å². The third kappa shape index (κ3) is 4.63. The van der Waals surface area contributed by atoms with Gasteiger partial charge in [-0.2, -0.15) is 0 Å². The summed E-state index contributed by atoms with van der Waals surface area (Å²) in [6.07, 6.45) is 0. The molecule has 0 spiro atoms. The molecule has 0 saturated carbocycles. The van der Waals surface area contributed by atoms with Gasteiger partial charge in [-0.15, -0.1) is 12.4 Å². The fourth-order valence-electron chi connectivity index (χ4n) is 1.25. The first-order valence-corrected chi connectivity index (χ1v) is 4.98. The summed E-state index contributed by atoms with van der Waals surface area (Å²) in [5.41, 5.74) is 0.822. The van der Waals surface area contributed by atoms with E-state index in [1.807, 2.05) is 27.0 Å². The monoisotopic (exact) mass is 247 g/mol. The molecule has 0 fully saturated rings. The lowest BCUT2D eigenvalue weighted by atomic mass is 10.1. The van der Waals surface area contributed by atoms with E-state index in [9.17, 15) is 4.79 Å². The number of aryl methyl sites for hydroxylation is 1. The summed E-state index contributed by atoms with van der Waals surface area (Å²) in [6, 6.07) is 1.81. The van der Waals surface area contributed by atoms with Crippen molar-refractivity contribution in [3.8, 4) is 0 Å². The normalized spacial score (nSPS) is 11.7. The van der Waals surface area contributed by atoms with Gasteiger partial charge >= 0.3 is 0 Å². The summed E-state index contributed by atoms with van der Waals surface area (Å²) in [6.45, 7) is 4.78. The summed E-state index contributed by atoms with van der Waals surface area (Å²) >= 11 is 0. The molecule has 1 unspecified atom stereocenters. The second-order valence-corrected chi connectivity index (χ2v) is 3.61. The van der Waals surface area contributed by atoms with E-state index in [1.54, 1.807) is 0 Å². The summed E-state index contributed by atoms with van der Waals surface area (Å²) in [5.74, 6) is 0.648. The van der Waals surface area contributed by atoms with Crippen LogP contribution in [0.25, 0.3) is 0 Å². The van der Waals surface area contributed by atoms with Crippen molar-refractivity contribution in [1.82, 2.24) is 15.8 Å². The Hall–Kier alpha value is -1.07. The highest BCUT2D eigenvalue weighted by Crippen LogP contribution is 2.02. The van der Waals surface area contributed by atoms with Crippen LogP contribution >= 0.6 is 12.4 Å². The maximum Gasteiger partial charge on any atom is 0.224 e. The molecule has 1 atom stereocenters. The van der Waals surface area contributed by atoms with E-state index in [2.05, 4.69) is 15.8 Å². The first kappa shape index (κ1) is 14.9. The molecule has 0 aromatic carbocycles. The minimum atomic E-state index is -0.0426. The summed E-state index contributed by atoms with van der Waals surface area (Å²) < 4.78 is 4.97. The number of rotatable bonds is 5. The zero-order valence-electron chi connectivity index (χ0n) is 9.74. The predicted octanol–water partition coefficient (Wildman–Crippen LogP) is 0.877. The first-order chi connectivity index (χ1) is 7.13. The lowest BCUT2D eigenvalue weighted by Gasteiger charge is -2.09. The molecule has 1 rings (SSSR count). The van der Waals surface area contributed by atoms with Crippen LogP contribution < -0.4 is 10.6 Å². The zero-order valence-corrected chi connectivity index (χ0v) is 10.6. The quantitative estimate of drug-likeness (QED) is 0.811. The Balaban J connectivity index is 0.00000225. The lowest BCUT2D eigenvalue weighted by molar-refractivity contribution is -0.124. The number of hydrogen-bond donors (Lipinski definition) is 2. The number of aromatic nitrogens is 1. The fourth-order valence-corrected chi connectivity index (χ4v) is 1.25. The van der Waals surface area contributed by atoms with Crippen molar-refractivity contribution in [3.63, 3.8) is 0 Å². The topological polar surface area (TPSA) is 67.2 Å². The molecular weight excluding hydrogens is 230 g/mol. The van der Waals surface area contributed by atoms with Crippen molar-refractivity contribution in [2.24, 2.45) is 5.92 Å². The van der Waals surface area contributed by atoms with Gasteiger partial charge in [-0.25, -0.2) is 0 Å². The van der Waals surface area contributed by atoms with Gasteiger partial charge in [0.2, 0.25) is 5.91 Å². The number of hydrogen-bond acceptors (Lipinski definition) is 4. The largest absolute Gasteiger partial charge is 0.359 e. The van der Waals surface area contributed by atoms with Crippen molar-refractivity contribution in [1.29, 1.82) is 0 Å². The maximum absolute atomic E-state index is 11.5. The van der Waals surface area contributed by atoms with Gasteiger partial charge < -0.3 is 15.2 Å². The molecular formula is C10H18ClN3O2. The van der Waals surface area contributed by atoms with E-state index < -0.39 is 0 Å². The number of nitrogens with one attached hydrogen (secondary N) is 2. The number of amides is 1. The van der Waals surface area contributed by atoms with Gasteiger partial charge in [-0.1, -0.05) is 12.1 Å². The molecule has 0 aliphatic rings. The Morgan fingerprint density at radius 1 is 1.62 bits per heavy atom. The van der Waals surface area contributed by atoms with Crippen molar-refractivity contribution >= 4 is 18.3 Å². The highest BCUT2D eigenvalue weighted by molar-refractivity contribution is 5.85. The van der Waals surface area contributed by atoms with Crippen LogP contribution in [-0.2, 0) is 11.3 Å². The summed E-state index contributed by atoms with van der Waals surface area (Å²) in [7, 11) is 1.82. The SMILES string of the molecule is CNCC(C)C(=O)NCc1cc(C)no1.Cl. The van der Waals surface area contributed by atoms with Gasteiger partial charge in [-0.3, -0.25) is 4.79 Å². The number of carbonyl (C=O) groups is 1. The van der Waals surface area contributed by atoms with E-state index in [1.165, 1.54) is 0 Å². The standard InChI is InChI=1S/C10H17N3O2.ClH/c1-7(5-11-3)10(14)12-6-9-4-8(2)13-15-9;/h4,7,11H,5-6H2,1-3H3,(H,12,14);1H. The third-order valence-corrected chi connectivity index (χ3v) is 2.07.